The van der Waals surface area contributed by atoms with Crippen LogP contribution in [-0.2, 0) is 15.8 Å². The first-order valence-electron chi connectivity index (χ1n) is 3.44. The van der Waals surface area contributed by atoms with Gasteiger partial charge >= 0.3 is 0 Å². The van der Waals surface area contributed by atoms with Crippen LogP contribution in [0.15, 0.2) is 0 Å². The van der Waals surface area contributed by atoms with E-state index in [-0.39, 0.29) is 0 Å². The van der Waals surface area contributed by atoms with Crippen molar-refractivity contribution in [2.75, 3.05) is 19.0 Å². The molecule has 2 atom stereocenters. The first kappa shape index (κ1) is 8.17. The smallest absolute Gasteiger partial charge is 0.153 e. The van der Waals surface area contributed by atoms with Gasteiger partial charge in [-0.15, -0.1) is 0 Å². The predicted octanol–water partition coefficient (Wildman–Crippen LogP) is 0.635. The van der Waals surface area contributed by atoms with Crippen LogP contribution in [0.25, 0.3) is 0 Å². The van der Waals surface area contributed by atoms with E-state index in [1.54, 1.807) is 0 Å². The van der Waals surface area contributed by atoms with E-state index < -0.39 is 11.1 Å². The summed E-state index contributed by atoms with van der Waals surface area (Å²) in [4.78, 5) is 0. The molecule has 10 heavy (non-hydrogen) atoms. The molecule has 0 bridgehead atoms. The van der Waals surface area contributed by atoms with Gasteiger partial charge in [-0.2, -0.15) is 0 Å². The summed E-state index contributed by atoms with van der Waals surface area (Å²) in [5, 5.41) is 0. The molecule has 0 aromatic carbocycles. The van der Waals surface area contributed by atoms with Gasteiger partial charge in [0.25, 0.3) is 0 Å². The van der Waals surface area contributed by atoms with Crippen molar-refractivity contribution in [1.82, 2.24) is 0 Å². The third-order valence-corrected chi connectivity index (χ3v) is 2.39. The van der Waals surface area contributed by atoms with E-state index >= 15 is 0 Å². The minimum Gasteiger partial charge on any atom is -0.381 e. The van der Waals surface area contributed by atoms with Crippen LogP contribution in [0.3, 0.4) is 0 Å². The van der Waals surface area contributed by atoms with Crippen LogP contribution in [0.4, 0.5) is 0 Å². The molecule has 1 fully saturated rings. The second kappa shape index (κ2) is 4.05. The lowest BCUT2D eigenvalue weighted by Crippen LogP contribution is -2.22. The molecule has 0 spiro atoms. The average molecular weight is 164 g/mol. The van der Waals surface area contributed by atoms with Crippen molar-refractivity contribution in [2.24, 2.45) is 5.92 Å². The highest BCUT2D eigenvalue weighted by Crippen LogP contribution is 2.13. The zero-order valence-electron chi connectivity index (χ0n) is 5.78. The van der Waals surface area contributed by atoms with Gasteiger partial charge in [-0.25, -0.2) is 4.21 Å². The van der Waals surface area contributed by atoms with Gasteiger partial charge in [0.15, 0.2) is 11.1 Å². The van der Waals surface area contributed by atoms with Crippen LogP contribution >= 0.6 is 0 Å². The monoisotopic (exact) mass is 164 g/mol. The van der Waals surface area contributed by atoms with Crippen molar-refractivity contribution in [3.8, 4) is 0 Å². The van der Waals surface area contributed by atoms with Crippen LogP contribution in [0.5, 0.6) is 0 Å². The Morgan fingerprint density at radius 1 is 1.70 bits per heavy atom. The fraction of sp³-hybridized carbons (Fsp3) is 1.00. The van der Waals surface area contributed by atoms with Crippen LogP contribution in [-0.4, -0.2) is 27.7 Å². The maximum atomic E-state index is 10.3. The molecule has 0 amide bonds. The molecule has 1 aliphatic rings. The second-order valence-electron chi connectivity index (χ2n) is 2.57. The van der Waals surface area contributed by atoms with E-state index in [9.17, 15) is 4.21 Å². The molecular formula is C6H12O3S. The third-order valence-electron chi connectivity index (χ3n) is 1.63. The zero-order valence-corrected chi connectivity index (χ0v) is 6.60. The molecule has 2 unspecified atom stereocenters. The molecule has 1 rings (SSSR count). The highest BCUT2D eigenvalue weighted by Gasteiger charge is 2.15. The summed E-state index contributed by atoms with van der Waals surface area (Å²) in [5.41, 5.74) is 0. The van der Waals surface area contributed by atoms with Crippen LogP contribution < -0.4 is 0 Å². The Morgan fingerprint density at radius 3 is 3.00 bits per heavy atom. The van der Waals surface area contributed by atoms with Gasteiger partial charge in [0.05, 0.1) is 12.4 Å². The highest BCUT2D eigenvalue weighted by atomic mass is 32.2. The molecule has 3 nitrogen and oxygen atoms in total. The largest absolute Gasteiger partial charge is 0.381 e. The van der Waals surface area contributed by atoms with Crippen molar-refractivity contribution >= 4 is 11.1 Å². The zero-order chi connectivity index (χ0) is 7.40. The molecular weight excluding hydrogens is 152 g/mol. The van der Waals surface area contributed by atoms with Gasteiger partial charge in [-0.3, -0.25) is 0 Å². The molecule has 1 saturated heterocycles. The summed E-state index contributed by atoms with van der Waals surface area (Å²) in [6.07, 6.45) is 2.06. The molecule has 60 valence electrons. The summed E-state index contributed by atoms with van der Waals surface area (Å²) < 4.78 is 24.0. The maximum absolute atomic E-state index is 10.3. The Labute approximate surface area is 63.0 Å². The van der Waals surface area contributed by atoms with E-state index in [0.717, 1.165) is 19.4 Å². The summed E-state index contributed by atoms with van der Waals surface area (Å²) in [6.45, 7) is 1.47. The molecule has 1 N–H and O–H groups in total. The summed E-state index contributed by atoms with van der Waals surface area (Å²) >= 11 is -1.64. The fourth-order valence-electron chi connectivity index (χ4n) is 1.14. The predicted molar refractivity (Wildman–Crippen MR) is 39.2 cm³/mol. The van der Waals surface area contributed by atoms with Gasteiger partial charge in [0.1, 0.15) is 0 Å². The Morgan fingerprint density at radius 2 is 2.50 bits per heavy atom. The van der Waals surface area contributed by atoms with Gasteiger partial charge in [-0.05, 0) is 18.8 Å². The Kier molecular flexibility index (Phi) is 3.31. The lowest BCUT2D eigenvalue weighted by Gasteiger charge is -2.19. The van der Waals surface area contributed by atoms with Crippen molar-refractivity contribution in [3.05, 3.63) is 0 Å². The number of rotatable bonds is 2. The van der Waals surface area contributed by atoms with Gasteiger partial charge in [-0.1, -0.05) is 0 Å². The average Bonchev–Trinajstić information content (AvgIpc) is 1.88. The van der Waals surface area contributed by atoms with Crippen LogP contribution in [0, 0.1) is 5.92 Å². The standard InChI is InChI=1S/C6H12O3S/c7-10(8)5-6-2-1-3-9-4-6/h6H,1-5H2,(H,7,8). The molecule has 1 aliphatic heterocycles. The molecule has 1 heterocycles. The van der Waals surface area contributed by atoms with Crippen molar-refractivity contribution < 1.29 is 13.5 Å². The van der Waals surface area contributed by atoms with E-state index in [4.69, 9.17) is 9.29 Å². The van der Waals surface area contributed by atoms with E-state index in [1.165, 1.54) is 0 Å². The molecule has 0 saturated carbocycles. The Bertz CT molecular complexity index is 120. The normalized spacial score (nSPS) is 29.9. The van der Waals surface area contributed by atoms with E-state index in [2.05, 4.69) is 0 Å². The maximum Gasteiger partial charge on any atom is 0.153 e. The van der Waals surface area contributed by atoms with E-state index in [1.807, 2.05) is 0 Å². The van der Waals surface area contributed by atoms with Crippen molar-refractivity contribution in [3.63, 3.8) is 0 Å². The topological polar surface area (TPSA) is 46.5 Å². The van der Waals surface area contributed by atoms with Gasteiger partial charge in [0.2, 0.25) is 0 Å². The molecule has 0 aromatic heterocycles. The third kappa shape index (κ3) is 2.77. The van der Waals surface area contributed by atoms with Crippen molar-refractivity contribution in [1.29, 1.82) is 0 Å². The second-order valence-corrected chi connectivity index (χ2v) is 3.55. The quantitative estimate of drug-likeness (QED) is 0.609. The summed E-state index contributed by atoms with van der Waals surface area (Å²) in [7, 11) is 0. The van der Waals surface area contributed by atoms with Gasteiger partial charge < -0.3 is 9.29 Å². The Hall–Kier alpha value is 0.0700. The number of ether oxygens (including phenoxy) is 1. The lowest BCUT2D eigenvalue weighted by molar-refractivity contribution is 0.0625. The minimum absolute atomic E-state index is 0.305. The van der Waals surface area contributed by atoms with Gasteiger partial charge in [0, 0.05) is 6.61 Å². The van der Waals surface area contributed by atoms with Crippen molar-refractivity contribution in [2.45, 2.75) is 12.8 Å². The molecule has 0 radical (unpaired) electrons. The van der Waals surface area contributed by atoms with Crippen LogP contribution in [0.2, 0.25) is 0 Å². The lowest BCUT2D eigenvalue weighted by atomic mass is 10.1. The first-order valence-corrected chi connectivity index (χ1v) is 4.72. The minimum atomic E-state index is -1.64. The highest BCUT2D eigenvalue weighted by molar-refractivity contribution is 7.79. The first-order chi connectivity index (χ1) is 4.79. The number of hydrogen-bond donors (Lipinski definition) is 1. The summed E-state index contributed by atoms with van der Waals surface area (Å²) in [5.74, 6) is 0.680. The van der Waals surface area contributed by atoms with Crippen LogP contribution in [0.1, 0.15) is 12.8 Å². The fourth-order valence-corrected chi connectivity index (χ4v) is 1.81. The SMILES string of the molecule is O=S(O)CC1CCCOC1. The molecule has 4 heteroatoms. The summed E-state index contributed by atoms with van der Waals surface area (Å²) in [6, 6.07) is 0. The number of hydrogen-bond acceptors (Lipinski definition) is 2. The molecule has 0 aliphatic carbocycles. The van der Waals surface area contributed by atoms with E-state index in [0.29, 0.717) is 18.3 Å². The Balaban J connectivity index is 2.19. The molecule has 0 aromatic rings.